The van der Waals surface area contributed by atoms with Gasteiger partial charge in [0, 0.05) is 13.1 Å². The molecule has 1 unspecified atom stereocenters. The maximum atomic E-state index is 12.8. The van der Waals surface area contributed by atoms with Crippen molar-refractivity contribution < 1.29 is 13.2 Å². The summed E-state index contributed by atoms with van der Waals surface area (Å²) in [7, 11) is -3.72. The first-order chi connectivity index (χ1) is 9.87. The minimum atomic E-state index is -3.72. The third kappa shape index (κ3) is 3.09. The van der Waals surface area contributed by atoms with Gasteiger partial charge in [-0.2, -0.15) is 4.31 Å². The Labute approximate surface area is 125 Å². The molecule has 7 heteroatoms. The van der Waals surface area contributed by atoms with Crippen molar-refractivity contribution in [2.75, 3.05) is 6.54 Å². The van der Waals surface area contributed by atoms with Crippen LogP contribution in [0.3, 0.4) is 0 Å². The fourth-order valence-corrected chi connectivity index (χ4v) is 4.60. The summed E-state index contributed by atoms with van der Waals surface area (Å²) < 4.78 is 26.9. The van der Waals surface area contributed by atoms with Crippen LogP contribution in [0, 0.1) is 6.92 Å². The Morgan fingerprint density at radius 1 is 1.38 bits per heavy atom. The van der Waals surface area contributed by atoms with Crippen LogP contribution in [0.15, 0.2) is 23.1 Å². The molecule has 0 aliphatic carbocycles. The van der Waals surface area contributed by atoms with Crippen molar-refractivity contribution in [2.24, 2.45) is 11.5 Å². The normalized spacial score (nSPS) is 20.4. The third-order valence-electron chi connectivity index (χ3n) is 3.84. The van der Waals surface area contributed by atoms with Crippen molar-refractivity contribution in [3.8, 4) is 0 Å². The van der Waals surface area contributed by atoms with Crippen molar-refractivity contribution in [2.45, 2.75) is 43.7 Å². The van der Waals surface area contributed by atoms with Gasteiger partial charge in [-0.05, 0) is 37.0 Å². The zero-order valence-electron chi connectivity index (χ0n) is 12.1. The Balaban J connectivity index is 2.43. The molecular weight excluding hydrogens is 290 g/mol. The van der Waals surface area contributed by atoms with Gasteiger partial charge in [-0.25, -0.2) is 8.42 Å². The molecule has 0 aromatic heterocycles. The number of piperidine rings is 1. The highest BCUT2D eigenvalue weighted by Crippen LogP contribution is 2.27. The second kappa shape index (κ2) is 6.13. The number of sulfonamides is 1. The predicted octanol–water partition coefficient (Wildman–Crippen LogP) is 0.482. The number of benzene rings is 1. The van der Waals surface area contributed by atoms with Crippen molar-refractivity contribution in [1.29, 1.82) is 0 Å². The number of nitrogens with two attached hydrogens (primary N) is 2. The van der Waals surface area contributed by atoms with Gasteiger partial charge in [-0.3, -0.25) is 4.79 Å². The molecule has 1 aromatic carbocycles. The molecule has 116 valence electrons. The fraction of sp³-hybridized carbons (Fsp3) is 0.500. The van der Waals surface area contributed by atoms with Crippen LogP contribution < -0.4 is 11.5 Å². The lowest BCUT2D eigenvalue weighted by Gasteiger charge is -2.33. The van der Waals surface area contributed by atoms with Gasteiger partial charge in [0.1, 0.15) is 6.04 Å². The van der Waals surface area contributed by atoms with Crippen molar-refractivity contribution >= 4 is 15.9 Å². The third-order valence-corrected chi connectivity index (χ3v) is 5.91. The molecule has 1 aliphatic rings. The van der Waals surface area contributed by atoms with Gasteiger partial charge in [0.2, 0.25) is 15.9 Å². The summed E-state index contributed by atoms with van der Waals surface area (Å²) in [5.74, 6) is -0.588. The molecule has 0 saturated carbocycles. The van der Waals surface area contributed by atoms with Crippen LogP contribution in [0.4, 0.5) is 0 Å². The van der Waals surface area contributed by atoms with Crippen LogP contribution in [0.2, 0.25) is 0 Å². The smallest absolute Gasteiger partial charge is 0.244 e. The number of hydrogen-bond donors (Lipinski definition) is 2. The summed E-state index contributed by atoms with van der Waals surface area (Å²) in [4.78, 5) is 11.7. The average molecular weight is 311 g/mol. The molecule has 6 nitrogen and oxygen atoms in total. The van der Waals surface area contributed by atoms with Crippen LogP contribution in [0.1, 0.15) is 30.4 Å². The van der Waals surface area contributed by atoms with E-state index in [1.165, 1.54) is 4.31 Å². The van der Waals surface area contributed by atoms with Crippen molar-refractivity contribution in [3.63, 3.8) is 0 Å². The fourth-order valence-electron chi connectivity index (χ4n) is 2.73. The average Bonchev–Trinajstić information content (AvgIpc) is 2.46. The molecule has 0 radical (unpaired) electrons. The zero-order chi connectivity index (χ0) is 15.6. The van der Waals surface area contributed by atoms with Crippen LogP contribution in [0.25, 0.3) is 0 Å². The predicted molar refractivity (Wildman–Crippen MR) is 79.8 cm³/mol. The van der Waals surface area contributed by atoms with Gasteiger partial charge in [-0.15, -0.1) is 0 Å². The number of aryl methyl sites for hydroxylation is 1. The summed E-state index contributed by atoms with van der Waals surface area (Å²) in [5, 5.41) is 0. The van der Waals surface area contributed by atoms with E-state index in [-0.39, 0.29) is 4.90 Å². The molecule has 1 atom stereocenters. The number of carbonyl (C=O) groups excluding carboxylic acids is 1. The van der Waals surface area contributed by atoms with Crippen LogP contribution >= 0.6 is 0 Å². The largest absolute Gasteiger partial charge is 0.368 e. The molecule has 1 saturated heterocycles. The topological polar surface area (TPSA) is 106 Å². The van der Waals surface area contributed by atoms with Gasteiger partial charge < -0.3 is 11.5 Å². The molecule has 0 spiro atoms. The Morgan fingerprint density at radius 3 is 2.67 bits per heavy atom. The van der Waals surface area contributed by atoms with Crippen LogP contribution in [-0.4, -0.2) is 31.2 Å². The van der Waals surface area contributed by atoms with Crippen LogP contribution in [-0.2, 0) is 21.4 Å². The molecule has 0 bridgehead atoms. The summed E-state index contributed by atoms with van der Waals surface area (Å²) in [6, 6.07) is 4.26. The van der Waals surface area contributed by atoms with E-state index in [9.17, 15) is 13.2 Å². The highest BCUT2D eigenvalue weighted by atomic mass is 32.2. The number of amides is 1. The van der Waals surface area contributed by atoms with E-state index in [0.717, 1.165) is 18.4 Å². The lowest BCUT2D eigenvalue weighted by atomic mass is 10.0. The van der Waals surface area contributed by atoms with E-state index >= 15 is 0 Å². The van der Waals surface area contributed by atoms with E-state index < -0.39 is 22.0 Å². The second-order valence-corrected chi connectivity index (χ2v) is 7.19. The van der Waals surface area contributed by atoms with Crippen molar-refractivity contribution in [1.82, 2.24) is 4.31 Å². The summed E-state index contributed by atoms with van der Waals surface area (Å²) >= 11 is 0. The highest BCUT2D eigenvalue weighted by molar-refractivity contribution is 7.89. The molecular formula is C14H21N3O3S. The lowest BCUT2D eigenvalue weighted by Crippen LogP contribution is -2.50. The van der Waals surface area contributed by atoms with E-state index in [0.29, 0.717) is 25.1 Å². The van der Waals surface area contributed by atoms with E-state index in [1.54, 1.807) is 25.1 Å². The lowest BCUT2D eigenvalue weighted by molar-refractivity contribution is -0.122. The summed E-state index contributed by atoms with van der Waals surface area (Å²) in [5.41, 5.74) is 12.4. The minimum Gasteiger partial charge on any atom is -0.368 e. The summed E-state index contributed by atoms with van der Waals surface area (Å²) in [6.07, 6.45) is 2.03. The Bertz CT molecular complexity index is 643. The van der Waals surface area contributed by atoms with E-state index in [1.807, 2.05) is 0 Å². The first kappa shape index (κ1) is 15.9. The number of rotatable bonds is 4. The first-order valence-corrected chi connectivity index (χ1v) is 8.42. The quantitative estimate of drug-likeness (QED) is 0.843. The Morgan fingerprint density at radius 2 is 2.10 bits per heavy atom. The molecule has 1 fully saturated rings. The minimum absolute atomic E-state index is 0.216. The number of primary amides is 1. The maximum absolute atomic E-state index is 12.8. The van der Waals surface area contributed by atoms with Crippen molar-refractivity contribution in [3.05, 3.63) is 29.3 Å². The summed E-state index contributed by atoms with van der Waals surface area (Å²) in [6.45, 7) is 2.41. The maximum Gasteiger partial charge on any atom is 0.244 e. The molecule has 1 aliphatic heterocycles. The van der Waals surface area contributed by atoms with E-state index in [4.69, 9.17) is 11.5 Å². The van der Waals surface area contributed by atoms with Gasteiger partial charge in [0.25, 0.3) is 0 Å². The van der Waals surface area contributed by atoms with Gasteiger partial charge >= 0.3 is 0 Å². The Kier molecular flexibility index (Phi) is 4.65. The number of nitrogens with zero attached hydrogens (tertiary/aromatic N) is 1. The number of carbonyl (C=O) groups is 1. The molecule has 21 heavy (non-hydrogen) atoms. The zero-order valence-corrected chi connectivity index (χ0v) is 12.9. The van der Waals surface area contributed by atoms with E-state index in [2.05, 4.69) is 0 Å². The molecule has 1 amide bonds. The highest BCUT2D eigenvalue weighted by Gasteiger charge is 2.37. The second-order valence-electron chi connectivity index (χ2n) is 5.33. The van der Waals surface area contributed by atoms with Crippen LogP contribution in [0.5, 0.6) is 0 Å². The Hall–Kier alpha value is -1.44. The first-order valence-electron chi connectivity index (χ1n) is 6.98. The molecule has 1 aromatic rings. The molecule has 2 rings (SSSR count). The van der Waals surface area contributed by atoms with Gasteiger partial charge in [-0.1, -0.05) is 18.6 Å². The standard InChI is InChI=1S/C14H21N3O3S/c1-10-8-11(9-15)5-6-13(10)21(19,20)17-7-3-2-4-12(17)14(16)18/h5-6,8,12H,2-4,7,9,15H2,1H3,(H2,16,18). The number of hydrogen-bond acceptors (Lipinski definition) is 4. The van der Waals surface area contributed by atoms with Gasteiger partial charge in [0.05, 0.1) is 4.90 Å². The molecule has 4 N–H and O–H groups in total. The SMILES string of the molecule is Cc1cc(CN)ccc1S(=O)(=O)N1CCCCC1C(N)=O. The monoisotopic (exact) mass is 311 g/mol. The molecule has 1 heterocycles. The van der Waals surface area contributed by atoms with Gasteiger partial charge in [0.15, 0.2) is 0 Å².